The van der Waals surface area contributed by atoms with Gasteiger partial charge >= 0.3 is 0 Å². The van der Waals surface area contributed by atoms with Crippen LogP contribution in [0.3, 0.4) is 0 Å². The summed E-state index contributed by atoms with van der Waals surface area (Å²) in [6.07, 6.45) is 5.06. The molecule has 0 radical (unpaired) electrons. The molecule has 2 N–H and O–H groups in total. The standard InChI is InChI=1S/C26H30N6O3/c1-15(2)28-24(33)14-35-21-10-8-18(11-22(21)34-4)26-29-23(32(3)31-26)12-17-7-9-20-19(13-27-30-20)25(17)16-5-6-16/h7-11,13,15-16H,5-6,12,14H2,1-4H3,(H,27,30)(H,28,33). The van der Waals surface area contributed by atoms with Crippen LogP contribution in [0.1, 0.15) is 49.6 Å². The predicted octanol–water partition coefficient (Wildman–Crippen LogP) is 3.74. The highest BCUT2D eigenvalue weighted by Gasteiger charge is 2.29. The Hall–Kier alpha value is -3.88. The van der Waals surface area contributed by atoms with Gasteiger partial charge in [0.05, 0.1) is 18.8 Å². The van der Waals surface area contributed by atoms with Gasteiger partial charge in [0.15, 0.2) is 23.9 Å². The molecule has 0 unspecified atom stereocenters. The fourth-order valence-corrected chi connectivity index (χ4v) is 4.39. The van der Waals surface area contributed by atoms with E-state index >= 15 is 0 Å². The van der Waals surface area contributed by atoms with Crippen molar-refractivity contribution >= 4 is 16.8 Å². The Morgan fingerprint density at radius 2 is 2.06 bits per heavy atom. The van der Waals surface area contributed by atoms with Gasteiger partial charge < -0.3 is 14.8 Å². The van der Waals surface area contributed by atoms with Gasteiger partial charge in [-0.25, -0.2) is 4.98 Å². The summed E-state index contributed by atoms with van der Waals surface area (Å²) in [5.41, 5.74) is 4.54. The smallest absolute Gasteiger partial charge is 0.258 e. The van der Waals surface area contributed by atoms with Crippen molar-refractivity contribution in [2.45, 2.75) is 45.1 Å². The highest BCUT2D eigenvalue weighted by Crippen LogP contribution is 2.45. The number of amides is 1. The average Bonchev–Trinajstić information content (AvgIpc) is 3.44. The third-order valence-corrected chi connectivity index (χ3v) is 6.17. The number of carbonyl (C=O) groups is 1. The zero-order valence-corrected chi connectivity index (χ0v) is 20.5. The van der Waals surface area contributed by atoms with Gasteiger partial charge in [-0.3, -0.25) is 14.6 Å². The van der Waals surface area contributed by atoms with Crippen molar-refractivity contribution in [1.29, 1.82) is 0 Å². The summed E-state index contributed by atoms with van der Waals surface area (Å²) in [6.45, 7) is 3.73. The van der Waals surface area contributed by atoms with Crippen LogP contribution >= 0.6 is 0 Å². The third kappa shape index (κ3) is 4.84. The largest absolute Gasteiger partial charge is 0.493 e. The van der Waals surface area contributed by atoms with Gasteiger partial charge in [-0.2, -0.15) is 10.2 Å². The van der Waals surface area contributed by atoms with E-state index in [2.05, 4.69) is 32.7 Å². The topological polar surface area (TPSA) is 107 Å². The van der Waals surface area contributed by atoms with E-state index in [9.17, 15) is 4.79 Å². The van der Waals surface area contributed by atoms with Gasteiger partial charge in [-0.05, 0) is 68.0 Å². The van der Waals surface area contributed by atoms with Crippen molar-refractivity contribution in [1.82, 2.24) is 30.3 Å². The molecular weight excluding hydrogens is 444 g/mol. The Labute approximate surface area is 203 Å². The van der Waals surface area contributed by atoms with E-state index in [0.717, 1.165) is 16.9 Å². The summed E-state index contributed by atoms with van der Waals surface area (Å²) < 4.78 is 13.0. The molecule has 1 amide bonds. The van der Waals surface area contributed by atoms with Crippen molar-refractivity contribution in [2.75, 3.05) is 13.7 Å². The Kier molecular flexibility index (Phi) is 6.15. The second-order valence-electron chi connectivity index (χ2n) is 9.27. The number of nitrogens with zero attached hydrogens (tertiary/aromatic N) is 4. The fraction of sp³-hybridized carbons (Fsp3) is 0.385. The molecule has 9 nitrogen and oxygen atoms in total. The van der Waals surface area contributed by atoms with Crippen molar-refractivity contribution in [3.63, 3.8) is 0 Å². The SMILES string of the molecule is COc1cc(-c2nc(Cc3ccc4[nH]ncc4c3C3CC3)n(C)n2)ccc1OCC(=O)NC(C)C. The molecular formula is C26H30N6O3. The number of aromatic nitrogens is 5. The molecule has 2 aromatic heterocycles. The number of hydrogen-bond donors (Lipinski definition) is 2. The average molecular weight is 475 g/mol. The molecule has 2 heterocycles. The van der Waals surface area contributed by atoms with E-state index < -0.39 is 0 Å². The molecule has 0 atom stereocenters. The molecule has 35 heavy (non-hydrogen) atoms. The van der Waals surface area contributed by atoms with Crippen LogP contribution in [0.5, 0.6) is 11.5 Å². The first kappa shape index (κ1) is 22.9. The number of rotatable bonds is 9. The van der Waals surface area contributed by atoms with Gasteiger partial charge in [0, 0.05) is 30.5 Å². The molecule has 0 saturated heterocycles. The van der Waals surface area contributed by atoms with E-state index in [1.807, 2.05) is 43.9 Å². The highest BCUT2D eigenvalue weighted by molar-refractivity contribution is 5.84. The normalized spacial score (nSPS) is 13.4. The zero-order valence-electron chi connectivity index (χ0n) is 20.5. The number of methoxy groups -OCH3 is 1. The number of aryl methyl sites for hydroxylation is 1. The van der Waals surface area contributed by atoms with E-state index in [4.69, 9.17) is 14.5 Å². The van der Waals surface area contributed by atoms with Crippen LogP contribution < -0.4 is 14.8 Å². The minimum atomic E-state index is -0.179. The zero-order chi connectivity index (χ0) is 24.5. The number of ether oxygens (including phenoxy) is 2. The monoisotopic (exact) mass is 474 g/mol. The Morgan fingerprint density at radius 1 is 1.23 bits per heavy atom. The van der Waals surface area contributed by atoms with E-state index in [1.165, 1.54) is 29.4 Å². The predicted molar refractivity (Wildman–Crippen MR) is 133 cm³/mol. The lowest BCUT2D eigenvalue weighted by atomic mass is 9.97. The molecule has 182 valence electrons. The van der Waals surface area contributed by atoms with E-state index in [1.54, 1.807) is 13.2 Å². The Bertz CT molecular complexity index is 1370. The third-order valence-electron chi connectivity index (χ3n) is 6.17. The Morgan fingerprint density at radius 3 is 2.80 bits per heavy atom. The molecule has 9 heteroatoms. The highest BCUT2D eigenvalue weighted by atomic mass is 16.5. The molecule has 1 fully saturated rings. The van der Waals surface area contributed by atoms with Gasteiger partial charge in [-0.15, -0.1) is 0 Å². The second-order valence-corrected chi connectivity index (χ2v) is 9.27. The van der Waals surface area contributed by atoms with Gasteiger partial charge in [-0.1, -0.05) is 6.07 Å². The summed E-state index contributed by atoms with van der Waals surface area (Å²) in [5, 5.41) is 16.0. The molecule has 1 aliphatic rings. The van der Waals surface area contributed by atoms with Crippen LogP contribution in [0.4, 0.5) is 0 Å². The maximum atomic E-state index is 11.9. The number of aromatic amines is 1. The summed E-state index contributed by atoms with van der Waals surface area (Å²) in [4.78, 5) is 16.8. The molecule has 0 aliphatic heterocycles. The summed E-state index contributed by atoms with van der Waals surface area (Å²) in [6, 6.07) is 9.82. The lowest BCUT2D eigenvalue weighted by molar-refractivity contribution is -0.123. The van der Waals surface area contributed by atoms with Crippen LogP contribution in [-0.2, 0) is 18.3 Å². The van der Waals surface area contributed by atoms with Crippen LogP contribution in [-0.4, -0.2) is 50.6 Å². The molecule has 2 aromatic carbocycles. The first-order chi connectivity index (χ1) is 16.9. The molecule has 0 spiro atoms. The van der Waals surface area contributed by atoms with Crippen molar-refractivity contribution in [3.8, 4) is 22.9 Å². The van der Waals surface area contributed by atoms with Crippen LogP contribution in [0.15, 0.2) is 36.5 Å². The first-order valence-corrected chi connectivity index (χ1v) is 11.9. The van der Waals surface area contributed by atoms with Crippen molar-refractivity contribution in [2.24, 2.45) is 7.05 Å². The van der Waals surface area contributed by atoms with Crippen molar-refractivity contribution in [3.05, 3.63) is 53.5 Å². The van der Waals surface area contributed by atoms with Gasteiger partial charge in [0.25, 0.3) is 5.91 Å². The van der Waals surface area contributed by atoms with Crippen LogP contribution in [0.2, 0.25) is 0 Å². The maximum absolute atomic E-state index is 11.9. The van der Waals surface area contributed by atoms with E-state index in [0.29, 0.717) is 29.7 Å². The summed E-state index contributed by atoms with van der Waals surface area (Å²) >= 11 is 0. The fourth-order valence-electron chi connectivity index (χ4n) is 4.39. The lowest BCUT2D eigenvalue weighted by Gasteiger charge is -2.12. The number of hydrogen-bond acceptors (Lipinski definition) is 6. The van der Waals surface area contributed by atoms with Crippen molar-refractivity contribution < 1.29 is 14.3 Å². The van der Waals surface area contributed by atoms with Crippen LogP contribution in [0.25, 0.3) is 22.3 Å². The van der Waals surface area contributed by atoms with E-state index in [-0.39, 0.29) is 18.6 Å². The number of benzene rings is 2. The molecule has 0 bridgehead atoms. The quantitative estimate of drug-likeness (QED) is 0.383. The van der Waals surface area contributed by atoms with Gasteiger partial charge in [0.2, 0.25) is 0 Å². The van der Waals surface area contributed by atoms with Crippen LogP contribution in [0, 0.1) is 0 Å². The Balaban J connectivity index is 1.37. The number of fused-ring (bicyclic) bond motifs is 1. The van der Waals surface area contributed by atoms with Gasteiger partial charge in [0.1, 0.15) is 5.82 Å². The molecule has 1 aliphatic carbocycles. The number of H-pyrrole nitrogens is 1. The number of nitrogens with one attached hydrogen (secondary N) is 2. The molecule has 4 aromatic rings. The minimum Gasteiger partial charge on any atom is -0.493 e. The maximum Gasteiger partial charge on any atom is 0.258 e. The molecule has 1 saturated carbocycles. The second kappa shape index (κ2) is 9.40. The number of carbonyl (C=O) groups excluding carboxylic acids is 1. The first-order valence-electron chi connectivity index (χ1n) is 11.9. The minimum absolute atomic E-state index is 0.0572. The summed E-state index contributed by atoms with van der Waals surface area (Å²) in [5.74, 6) is 2.93. The lowest BCUT2D eigenvalue weighted by Crippen LogP contribution is -2.34. The molecule has 5 rings (SSSR count). The summed E-state index contributed by atoms with van der Waals surface area (Å²) in [7, 11) is 3.49.